The number of rotatable bonds is 5. The number of carbonyl (C=O) groups is 3. The maximum atomic E-state index is 12.9. The third-order valence-electron chi connectivity index (χ3n) is 4.65. The van der Waals surface area contributed by atoms with E-state index in [2.05, 4.69) is 0 Å². The van der Waals surface area contributed by atoms with Gasteiger partial charge in [-0.2, -0.15) is 0 Å². The summed E-state index contributed by atoms with van der Waals surface area (Å²) in [6, 6.07) is 18.4. The molecular formula is C20H19NO3. The summed E-state index contributed by atoms with van der Waals surface area (Å²) in [5, 5.41) is 0. The SMILES string of the molecule is C[C@](C=O)(Cc1ccccc1)[C@@H]1CC(=O)N(c2ccccc2)C1=O. The van der Waals surface area contributed by atoms with Crippen LogP contribution < -0.4 is 4.90 Å². The van der Waals surface area contributed by atoms with Crippen LogP contribution in [0.3, 0.4) is 0 Å². The van der Waals surface area contributed by atoms with Crippen molar-refractivity contribution >= 4 is 23.8 Å². The van der Waals surface area contributed by atoms with E-state index >= 15 is 0 Å². The number of anilines is 1. The Hall–Kier alpha value is -2.75. The average molecular weight is 321 g/mol. The van der Waals surface area contributed by atoms with E-state index in [1.165, 1.54) is 4.90 Å². The van der Waals surface area contributed by atoms with E-state index in [4.69, 9.17) is 0 Å². The lowest BCUT2D eigenvalue weighted by Gasteiger charge is -2.28. The average Bonchev–Trinajstić information content (AvgIpc) is 2.91. The van der Waals surface area contributed by atoms with Gasteiger partial charge in [0.25, 0.3) is 0 Å². The molecule has 2 atom stereocenters. The lowest BCUT2D eigenvalue weighted by Crippen LogP contribution is -2.38. The number of hydrogen-bond acceptors (Lipinski definition) is 3. The molecule has 2 amide bonds. The zero-order chi connectivity index (χ0) is 17.2. The Kier molecular flexibility index (Phi) is 4.30. The van der Waals surface area contributed by atoms with Crippen LogP contribution in [-0.4, -0.2) is 18.1 Å². The molecular weight excluding hydrogens is 302 g/mol. The Balaban J connectivity index is 1.89. The smallest absolute Gasteiger partial charge is 0.238 e. The molecule has 0 aliphatic carbocycles. The lowest BCUT2D eigenvalue weighted by atomic mass is 9.73. The number of carbonyl (C=O) groups excluding carboxylic acids is 3. The van der Waals surface area contributed by atoms with E-state index in [1.54, 1.807) is 31.2 Å². The van der Waals surface area contributed by atoms with Gasteiger partial charge in [0.15, 0.2) is 0 Å². The maximum absolute atomic E-state index is 12.9. The quantitative estimate of drug-likeness (QED) is 0.628. The topological polar surface area (TPSA) is 54.5 Å². The minimum Gasteiger partial charge on any atom is -0.303 e. The van der Waals surface area contributed by atoms with Crippen LogP contribution in [0.5, 0.6) is 0 Å². The van der Waals surface area contributed by atoms with Gasteiger partial charge in [-0.3, -0.25) is 14.5 Å². The van der Waals surface area contributed by atoms with Crippen molar-refractivity contribution in [3.05, 3.63) is 66.2 Å². The maximum Gasteiger partial charge on any atom is 0.238 e. The molecule has 122 valence electrons. The van der Waals surface area contributed by atoms with E-state index < -0.39 is 11.3 Å². The number of amides is 2. The second-order valence-corrected chi connectivity index (χ2v) is 6.45. The van der Waals surface area contributed by atoms with Crippen molar-refractivity contribution in [1.82, 2.24) is 0 Å². The highest BCUT2D eigenvalue weighted by molar-refractivity contribution is 6.21. The van der Waals surface area contributed by atoms with Gasteiger partial charge in [-0.15, -0.1) is 0 Å². The predicted octanol–water partition coefficient (Wildman–Crippen LogP) is 3.01. The van der Waals surface area contributed by atoms with Crippen LogP contribution >= 0.6 is 0 Å². The molecule has 2 aromatic rings. The fourth-order valence-electron chi connectivity index (χ4n) is 3.28. The van der Waals surface area contributed by atoms with Crippen LogP contribution in [0.2, 0.25) is 0 Å². The highest BCUT2D eigenvalue weighted by Gasteiger charge is 2.49. The summed E-state index contributed by atoms with van der Waals surface area (Å²) in [5.74, 6) is -1.18. The van der Waals surface area contributed by atoms with Crippen LogP contribution in [0.1, 0.15) is 18.9 Å². The molecule has 3 rings (SSSR count). The monoisotopic (exact) mass is 321 g/mol. The van der Waals surface area contributed by atoms with Crippen LogP contribution in [0.25, 0.3) is 0 Å². The highest BCUT2D eigenvalue weighted by Crippen LogP contribution is 2.39. The van der Waals surface area contributed by atoms with Gasteiger partial charge < -0.3 is 4.79 Å². The molecule has 4 heteroatoms. The number of aldehydes is 1. The Morgan fingerprint density at radius 2 is 1.62 bits per heavy atom. The van der Waals surface area contributed by atoms with Crippen LogP contribution in [0.4, 0.5) is 5.69 Å². The highest BCUT2D eigenvalue weighted by atomic mass is 16.2. The van der Waals surface area contributed by atoms with E-state index in [1.807, 2.05) is 36.4 Å². The van der Waals surface area contributed by atoms with Crippen LogP contribution in [0.15, 0.2) is 60.7 Å². The van der Waals surface area contributed by atoms with Gasteiger partial charge in [-0.1, -0.05) is 55.5 Å². The first kappa shape index (κ1) is 16.1. The molecule has 0 bridgehead atoms. The summed E-state index contributed by atoms with van der Waals surface area (Å²) in [7, 11) is 0. The van der Waals surface area contributed by atoms with E-state index in [9.17, 15) is 14.4 Å². The molecule has 1 aliphatic rings. The normalized spacial score (nSPS) is 20.0. The summed E-state index contributed by atoms with van der Waals surface area (Å²) in [5.41, 5.74) is 0.630. The Labute approximate surface area is 141 Å². The molecule has 0 spiro atoms. The van der Waals surface area contributed by atoms with Crippen molar-refractivity contribution in [2.45, 2.75) is 19.8 Å². The van der Waals surface area contributed by atoms with Crippen molar-refractivity contribution in [1.29, 1.82) is 0 Å². The summed E-state index contributed by atoms with van der Waals surface area (Å²) >= 11 is 0. The summed E-state index contributed by atoms with van der Waals surface area (Å²) < 4.78 is 0. The number of imide groups is 1. The van der Waals surface area contributed by atoms with Crippen LogP contribution in [0, 0.1) is 11.3 Å². The molecule has 1 heterocycles. The Morgan fingerprint density at radius 3 is 2.21 bits per heavy atom. The van der Waals surface area contributed by atoms with Gasteiger partial charge in [0.2, 0.25) is 11.8 Å². The molecule has 1 fully saturated rings. The van der Waals surface area contributed by atoms with Crippen molar-refractivity contribution in [3.63, 3.8) is 0 Å². The van der Waals surface area contributed by atoms with Gasteiger partial charge in [-0.25, -0.2) is 0 Å². The number of hydrogen-bond donors (Lipinski definition) is 0. The zero-order valence-corrected chi connectivity index (χ0v) is 13.5. The van der Waals surface area contributed by atoms with E-state index in [0.29, 0.717) is 12.1 Å². The second kappa shape index (κ2) is 6.40. The molecule has 1 saturated heterocycles. The minimum atomic E-state index is -0.905. The molecule has 4 nitrogen and oxygen atoms in total. The molecule has 1 aliphatic heterocycles. The molecule has 0 N–H and O–H groups in total. The first-order valence-corrected chi connectivity index (χ1v) is 7.97. The summed E-state index contributed by atoms with van der Waals surface area (Å²) in [6.45, 7) is 1.76. The number of para-hydroxylation sites is 1. The van der Waals surface area contributed by atoms with Gasteiger partial charge in [-0.05, 0) is 24.1 Å². The largest absolute Gasteiger partial charge is 0.303 e. The molecule has 0 radical (unpaired) electrons. The third kappa shape index (κ3) is 2.87. The Morgan fingerprint density at radius 1 is 1.04 bits per heavy atom. The predicted molar refractivity (Wildman–Crippen MR) is 91.4 cm³/mol. The van der Waals surface area contributed by atoms with Gasteiger partial charge in [0.05, 0.1) is 11.6 Å². The van der Waals surface area contributed by atoms with Gasteiger partial charge >= 0.3 is 0 Å². The van der Waals surface area contributed by atoms with Gasteiger partial charge in [0, 0.05) is 11.8 Å². The first-order valence-electron chi connectivity index (χ1n) is 7.97. The minimum absolute atomic E-state index is 0.0653. The first-order chi connectivity index (χ1) is 11.5. The van der Waals surface area contributed by atoms with E-state index in [-0.39, 0.29) is 18.2 Å². The van der Waals surface area contributed by atoms with Crippen molar-refractivity contribution < 1.29 is 14.4 Å². The zero-order valence-electron chi connectivity index (χ0n) is 13.5. The molecule has 24 heavy (non-hydrogen) atoms. The summed E-state index contributed by atoms with van der Waals surface area (Å²) in [4.78, 5) is 38.3. The van der Waals surface area contributed by atoms with Crippen molar-refractivity contribution in [2.24, 2.45) is 11.3 Å². The fourth-order valence-corrected chi connectivity index (χ4v) is 3.28. The molecule has 2 aromatic carbocycles. The molecule has 0 unspecified atom stereocenters. The van der Waals surface area contributed by atoms with Crippen molar-refractivity contribution in [2.75, 3.05) is 4.90 Å². The lowest BCUT2D eigenvalue weighted by molar-refractivity contribution is -0.129. The second-order valence-electron chi connectivity index (χ2n) is 6.45. The number of benzene rings is 2. The number of nitrogens with zero attached hydrogens (tertiary/aromatic N) is 1. The standard InChI is InChI=1S/C20H19NO3/c1-20(14-22,13-15-8-4-2-5-9-15)17-12-18(23)21(19(17)24)16-10-6-3-7-11-16/h2-11,14,17H,12-13H2,1H3/t17-,20-/m1/s1. The van der Waals surface area contributed by atoms with Crippen LogP contribution in [-0.2, 0) is 20.8 Å². The fraction of sp³-hybridized carbons (Fsp3) is 0.250. The molecule has 0 saturated carbocycles. The van der Waals surface area contributed by atoms with Crippen molar-refractivity contribution in [3.8, 4) is 0 Å². The Bertz CT molecular complexity index is 757. The third-order valence-corrected chi connectivity index (χ3v) is 4.65. The van der Waals surface area contributed by atoms with Gasteiger partial charge in [0.1, 0.15) is 6.29 Å². The molecule has 0 aromatic heterocycles. The van der Waals surface area contributed by atoms with E-state index in [0.717, 1.165) is 11.8 Å². The summed E-state index contributed by atoms with van der Waals surface area (Å²) in [6.07, 6.45) is 1.32.